The molecule has 0 unspecified atom stereocenters. The van der Waals surface area contributed by atoms with Gasteiger partial charge < -0.3 is 4.90 Å². The summed E-state index contributed by atoms with van der Waals surface area (Å²) in [5.74, 6) is 0. The lowest BCUT2D eigenvalue weighted by Gasteiger charge is -2.11. The Labute approximate surface area is 113 Å². The van der Waals surface area contributed by atoms with Crippen molar-refractivity contribution in [3.05, 3.63) is 47.8 Å². The molecule has 1 aromatic carbocycles. The van der Waals surface area contributed by atoms with Crippen molar-refractivity contribution in [1.29, 1.82) is 0 Å². The van der Waals surface area contributed by atoms with E-state index in [9.17, 15) is 0 Å². The third-order valence-electron chi connectivity index (χ3n) is 2.71. The maximum Gasteiger partial charge on any atom is 0.0893 e. The van der Waals surface area contributed by atoms with Gasteiger partial charge in [-0.15, -0.1) is 0 Å². The number of aryl methyl sites for hydroxylation is 2. The van der Waals surface area contributed by atoms with Crippen LogP contribution in [-0.2, 0) is 0 Å². The molecule has 2 aromatic rings. The molecule has 1 heterocycles. The number of pyridine rings is 1. The first-order valence-corrected chi connectivity index (χ1v) is 6.19. The molecule has 0 aliphatic carbocycles. The maximum absolute atomic E-state index is 4.31. The predicted molar refractivity (Wildman–Crippen MR) is 78.7 cm³/mol. The lowest BCUT2D eigenvalue weighted by atomic mass is 10.3. The highest BCUT2D eigenvalue weighted by Gasteiger charge is 1.97. The smallest absolute Gasteiger partial charge is 0.0893 e. The Kier molecular flexibility index (Phi) is 3.90. The van der Waals surface area contributed by atoms with E-state index >= 15 is 0 Å². The van der Waals surface area contributed by atoms with Crippen LogP contribution in [0.25, 0.3) is 0 Å². The second kappa shape index (κ2) is 5.61. The third-order valence-corrected chi connectivity index (χ3v) is 2.71. The monoisotopic (exact) mass is 254 g/mol. The van der Waals surface area contributed by atoms with Crippen LogP contribution < -0.4 is 4.90 Å². The number of rotatable bonds is 3. The number of aromatic nitrogens is 1. The minimum absolute atomic E-state index is 0.835. The van der Waals surface area contributed by atoms with Crippen molar-refractivity contribution in [1.82, 2.24) is 4.98 Å². The van der Waals surface area contributed by atoms with Crippen molar-refractivity contribution < 1.29 is 0 Å². The molecule has 0 aliphatic rings. The Morgan fingerprint density at radius 1 is 0.842 bits per heavy atom. The topological polar surface area (TPSA) is 40.9 Å². The van der Waals surface area contributed by atoms with Crippen LogP contribution in [-0.4, -0.2) is 19.1 Å². The van der Waals surface area contributed by atoms with Gasteiger partial charge in [-0.05, 0) is 50.2 Å². The van der Waals surface area contributed by atoms with Crippen LogP contribution >= 0.6 is 0 Å². The molecule has 0 fully saturated rings. The Morgan fingerprint density at radius 2 is 1.37 bits per heavy atom. The van der Waals surface area contributed by atoms with Crippen LogP contribution in [0.2, 0.25) is 0 Å². The molecule has 4 nitrogen and oxygen atoms in total. The van der Waals surface area contributed by atoms with Crippen molar-refractivity contribution in [3.63, 3.8) is 0 Å². The van der Waals surface area contributed by atoms with E-state index in [1.54, 1.807) is 0 Å². The van der Waals surface area contributed by atoms with Gasteiger partial charge in [-0.2, -0.15) is 10.2 Å². The summed E-state index contributed by atoms with van der Waals surface area (Å²) in [6, 6.07) is 11.8. The van der Waals surface area contributed by atoms with Gasteiger partial charge in [0.2, 0.25) is 0 Å². The molecule has 98 valence electrons. The highest BCUT2D eigenvalue weighted by Crippen LogP contribution is 2.21. The van der Waals surface area contributed by atoms with Gasteiger partial charge in [0.15, 0.2) is 0 Å². The van der Waals surface area contributed by atoms with E-state index in [4.69, 9.17) is 0 Å². The summed E-state index contributed by atoms with van der Waals surface area (Å²) in [5, 5.41) is 8.48. The lowest BCUT2D eigenvalue weighted by molar-refractivity contribution is 1.10. The molecule has 19 heavy (non-hydrogen) atoms. The fourth-order valence-corrected chi connectivity index (χ4v) is 1.80. The number of benzene rings is 1. The molecule has 0 saturated carbocycles. The van der Waals surface area contributed by atoms with E-state index in [-0.39, 0.29) is 0 Å². The van der Waals surface area contributed by atoms with Gasteiger partial charge in [0.25, 0.3) is 0 Å². The quantitative estimate of drug-likeness (QED) is 0.771. The lowest BCUT2D eigenvalue weighted by Crippen LogP contribution is -2.07. The van der Waals surface area contributed by atoms with E-state index in [0.717, 1.165) is 28.5 Å². The van der Waals surface area contributed by atoms with Gasteiger partial charge >= 0.3 is 0 Å². The first-order valence-electron chi connectivity index (χ1n) is 6.19. The number of hydrogen-bond acceptors (Lipinski definition) is 4. The fourth-order valence-electron chi connectivity index (χ4n) is 1.80. The number of azo groups is 1. The van der Waals surface area contributed by atoms with E-state index in [0.29, 0.717) is 0 Å². The second-order valence-electron chi connectivity index (χ2n) is 4.72. The van der Waals surface area contributed by atoms with Crippen molar-refractivity contribution in [2.75, 3.05) is 19.0 Å². The zero-order valence-corrected chi connectivity index (χ0v) is 11.8. The molecular formula is C15H18N4. The van der Waals surface area contributed by atoms with Crippen LogP contribution in [0.1, 0.15) is 11.4 Å². The first kappa shape index (κ1) is 13.2. The van der Waals surface area contributed by atoms with E-state index in [1.807, 2.05) is 64.3 Å². The zero-order valence-electron chi connectivity index (χ0n) is 11.8. The average molecular weight is 254 g/mol. The van der Waals surface area contributed by atoms with E-state index < -0.39 is 0 Å². The Morgan fingerprint density at radius 3 is 1.89 bits per heavy atom. The number of anilines is 1. The van der Waals surface area contributed by atoms with Gasteiger partial charge in [-0.1, -0.05) is 0 Å². The molecule has 2 rings (SSSR count). The van der Waals surface area contributed by atoms with Crippen LogP contribution in [0.15, 0.2) is 46.6 Å². The van der Waals surface area contributed by atoms with Gasteiger partial charge in [0, 0.05) is 31.2 Å². The standard InChI is InChI=1S/C15H18N4/c1-11-9-14(10-12(2)16-11)18-17-13-5-7-15(8-6-13)19(3)4/h5-10H,1-4H3. The molecule has 0 aliphatic heterocycles. The molecule has 0 spiro atoms. The molecule has 0 N–H and O–H groups in total. The van der Waals surface area contributed by atoms with Gasteiger partial charge in [0.05, 0.1) is 11.4 Å². The van der Waals surface area contributed by atoms with Gasteiger partial charge in [0.1, 0.15) is 0 Å². The Balaban J connectivity index is 2.17. The Hall–Kier alpha value is -2.23. The predicted octanol–water partition coefficient (Wildman–Crippen LogP) is 4.18. The van der Waals surface area contributed by atoms with E-state index in [2.05, 4.69) is 20.1 Å². The summed E-state index contributed by atoms with van der Waals surface area (Å²) in [7, 11) is 4.03. The van der Waals surface area contributed by atoms with Gasteiger partial charge in [-0.3, -0.25) is 4.98 Å². The third kappa shape index (κ3) is 3.61. The minimum Gasteiger partial charge on any atom is -0.378 e. The molecule has 0 amide bonds. The molecular weight excluding hydrogens is 236 g/mol. The Bertz CT molecular complexity index is 565. The summed E-state index contributed by atoms with van der Waals surface area (Å²) < 4.78 is 0. The van der Waals surface area contributed by atoms with Crippen molar-refractivity contribution in [2.24, 2.45) is 10.2 Å². The average Bonchev–Trinajstić information content (AvgIpc) is 2.36. The van der Waals surface area contributed by atoms with Crippen molar-refractivity contribution in [2.45, 2.75) is 13.8 Å². The van der Waals surface area contributed by atoms with Crippen LogP contribution in [0.5, 0.6) is 0 Å². The zero-order chi connectivity index (χ0) is 13.8. The highest BCUT2D eigenvalue weighted by molar-refractivity contribution is 5.52. The molecule has 1 aromatic heterocycles. The number of hydrogen-bond donors (Lipinski definition) is 0. The molecule has 0 atom stereocenters. The van der Waals surface area contributed by atoms with Crippen LogP contribution in [0, 0.1) is 13.8 Å². The van der Waals surface area contributed by atoms with Crippen molar-refractivity contribution >= 4 is 17.1 Å². The second-order valence-corrected chi connectivity index (χ2v) is 4.72. The largest absolute Gasteiger partial charge is 0.378 e. The normalized spacial score (nSPS) is 10.9. The molecule has 0 radical (unpaired) electrons. The SMILES string of the molecule is Cc1cc(N=Nc2ccc(N(C)C)cc2)cc(C)n1. The van der Waals surface area contributed by atoms with Crippen molar-refractivity contribution in [3.8, 4) is 0 Å². The summed E-state index contributed by atoms with van der Waals surface area (Å²) in [6.07, 6.45) is 0. The van der Waals surface area contributed by atoms with Crippen LogP contribution in [0.3, 0.4) is 0 Å². The highest BCUT2D eigenvalue weighted by atomic mass is 15.1. The summed E-state index contributed by atoms with van der Waals surface area (Å²) in [6.45, 7) is 3.91. The fraction of sp³-hybridized carbons (Fsp3) is 0.267. The first-order chi connectivity index (χ1) is 9.04. The van der Waals surface area contributed by atoms with Crippen LogP contribution in [0.4, 0.5) is 17.1 Å². The van der Waals surface area contributed by atoms with E-state index in [1.165, 1.54) is 0 Å². The number of nitrogens with zero attached hydrogens (tertiary/aromatic N) is 4. The van der Waals surface area contributed by atoms with Gasteiger partial charge in [-0.25, -0.2) is 0 Å². The maximum atomic E-state index is 4.31. The summed E-state index contributed by atoms with van der Waals surface area (Å²) in [5.41, 5.74) is 4.74. The summed E-state index contributed by atoms with van der Waals surface area (Å²) in [4.78, 5) is 6.37. The molecule has 0 saturated heterocycles. The summed E-state index contributed by atoms with van der Waals surface area (Å²) >= 11 is 0. The molecule has 4 heteroatoms. The molecule has 0 bridgehead atoms. The minimum atomic E-state index is 0.835.